The van der Waals surface area contributed by atoms with Crippen molar-refractivity contribution in [3.63, 3.8) is 0 Å². The fourth-order valence-corrected chi connectivity index (χ4v) is 11.4. The van der Waals surface area contributed by atoms with Crippen molar-refractivity contribution >= 4 is 0 Å². The Morgan fingerprint density at radius 1 is 0.297 bits per heavy atom. The normalized spacial score (nSPS) is 34.4. The van der Waals surface area contributed by atoms with Crippen LogP contribution in [0.5, 0.6) is 0 Å². The fraction of sp³-hybridized carbons (Fsp3) is 0.655. The average Bonchev–Trinajstić information content (AvgIpc) is 3.51. The monoisotopic (exact) mass is 1030 g/mol. The third-order valence-corrected chi connectivity index (χ3v) is 15.0. The van der Waals surface area contributed by atoms with E-state index in [0.29, 0.717) is 159 Å². The van der Waals surface area contributed by atoms with E-state index in [1.54, 1.807) is 0 Å². The molecule has 2 heterocycles. The minimum absolute atomic E-state index is 0.186. The van der Waals surface area contributed by atoms with Crippen LogP contribution in [-0.4, -0.2) is 183 Å². The molecule has 10 aliphatic rings. The van der Waals surface area contributed by atoms with Gasteiger partial charge in [0, 0.05) is 10.8 Å². The second kappa shape index (κ2) is 28.5. The summed E-state index contributed by atoms with van der Waals surface area (Å²) >= 11 is 0. The van der Waals surface area contributed by atoms with E-state index in [2.05, 4.69) is 86.8 Å². The number of fused-ring (bicyclic) bond motifs is 4. The molecule has 16 heteroatoms. The molecule has 5 fully saturated rings. The predicted molar refractivity (Wildman–Crippen MR) is 274 cm³/mol. The van der Waals surface area contributed by atoms with Gasteiger partial charge in [-0.3, -0.25) is 0 Å². The number of rotatable bonds is 0. The van der Waals surface area contributed by atoms with Crippen LogP contribution in [0.15, 0.2) is 118 Å². The highest BCUT2D eigenvalue weighted by Crippen LogP contribution is 2.73. The predicted octanol–water partition coefficient (Wildman–Crippen LogP) is 7.01. The average molecular weight is 1030 g/mol. The lowest BCUT2D eigenvalue weighted by Crippen LogP contribution is -2.59. The summed E-state index contributed by atoms with van der Waals surface area (Å²) in [7, 11) is 0. The van der Waals surface area contributed by atoms with Crippen molar-refractivity contribution in [2.24, 2.45) is 22.7 Å². The van der Waals surface area contributed by atoms with E-state index in [1.807, 2.05) is 0 Å². The molecule has 6 atom stereocenters. The van der Waals surface area contributed by atoms with Crippen molar-refractivity contribution in [2.45, 2.75) is 63.9 Å². The smallest absolute Gasteiger partial charge is 0.156 e. The minimum Gasteiger partial charge on any atom is -0.488 e. The molecule has 0 radical (unpaired) electrons. The van der Waals surface area contributed by atoms with Crippen molar-refractivity contribution in [3.8, 4) is 0 Å². The Kier molecular flexibility index (Phi) is 21.1. The first-order chi connectivity index (χ1) is 36.5. The van der Waals surface area contributed by atoms with E-state index in [-0.39, 0.29) is 36.3 Å². The lowest BCUT2D eigenvalue weighted by molar-refractivity contribution is -0.0700. The molecule has 408 valence electrons. The maximum Gasteiger partial charge on any atom is 0.156 e. The molecule has 2 saturated heterocycles. The number of hydrogen-bond donors (Lipinski definition) is 0. The second-order valence-electron chi connectivity index (χ2n) is 19.6. The highest BCUT2D eigenvalue weighted by molar-refractivity contribution is 5.70. The molecule has 2 bridgehead atoms. The van der Waals surface area contributed by atoms with Gasteiger partial charge in [0.15, 0.2) is 23.0 Å². The van der Waals surface area contributed by atoms with Crippen molar-refractivity contribution in [1.82, 2.24) is 0 Å². The molecule has 10 rings (SSSR count). The zero-order valence-corrected chi connectivity index (χ0v) is 43.7. The summed E-state index contributed by atoms with van der Waals surface area (Å²) in [5.41, 5.74) is 4.20. The van der Waals surface area contributed by atoms with Gasteiger partial charge in [-0.2, -0.15) is 0 Å². The lowest BCUT2D eigenvalue weighted by Gasteiger charge is -2.66. The summed E-state index contributed by atoms with van der Waals surface area (Å²) in [6.07, 6.45) is 29.0. The van der Waals surface area contributed by atoms with Crippen molar-refractivity contribution in [1.29, 1.82) is 0 Å². The van der Waals surface area contributed by atoms with Gasteiger partial charge in [-0.1, -0.05) is 38.2 Å². The van der Waals surface area contributed by atoms with E-state index in [4.69, 9.17) is 75.8 Å². The largest absolute Gasteiger partial charge is 0.488 e. The maximum atomic E-state index is 6.73. The van der Waals surface area contributed by atoms with Gasteiger partial charge in [-0.05, 0) is 108 Å². The molecule has 74 heavy (non-hydrogen) atoms. The van der Waals surface area contributed by atoms with E-state index in [9.17, 15) is 0 Å². The fourth-order valence-electron chi connectivity index (χ4n) is 11.4. The van der Waals surface area contributed by atoms with Gasteiger partial charge in [0.2, 0.25) is 0 Å². The van der Waals surface area contributed by atoms with Gasteiger partial charge in [-0.25, -0.2) is 0 Å². The molecule has 0 aromatic rings. The molecule has 0 spiro atoms. The third-order valence-electron chi connectivity index (χ3n) is 15.0. The highest BCUT2D eigenvalue weighted by Gasteiger charge is 2.66. The number of hydrogen-bond acceptors (Lipinski definition) is 16. The van der Waals surface area contributed by atoms with Crippen LogP contribution in [0.25, 0.3) is 0 Å². The van der Waals surface area contributed by atoms with Crippen LogP contribution in [0.1, 0.15) is 39.5 Å². The van der Waals surface area contributed by atoms with Crippen LogP contribution >= 0.6 is 0 Å². The third kappa shape index (κ3) is 13.8. The summed E-state index contributed by atoms with van der Waals surface area (Å²) < 4.78 is 98.3. The van der Waals surface area contributed by atoms with Crippen LogP contribution in [0.2, 0.25) is 0 Å². The molecule has 0 aromatic carbocycles. The molecule has 8 aliphatic carbocycles. The van der Waals surface area contributed by atoms with E-state index < -0.39 is 10.8 Å². The van der Waals surface area contributed by atoms with Crippen molar-refractivity contribution < 1.29 is 75.8 Å². The zero-order chi connectivity index (χ0) is 50.7. The molecule has 3 saturated carbocycles. The van der Waals surface area contributed by atoms with Crippen molar-refractivity contribution in [3.05, 3.63) is 118 Å². The zero-order valence-electron chi connectivity index (χ0n) is 43.7. The summed E-state index contributed by atoms with van der Waals surface area (Å²) in [5, 5.41) is 0. The maximum absolute atomic E-state index is 6.73. The Balaban J connectivity index is 0.893. The molecule has 0 amide bonds. The second-order valence-corrected chi connectivity index (χ2v) is 19.6. The molecular formula is C58H80O16. The molecule has 6 unspecified atom stereocenters. The van der Waals surface area contributed by atoms with E-state index >= 15 is 0 Å². The lowest BCUT2D eigenvalue weighted by atomic mass is 9.37. The molecule has 0 aromatic heterocycles. The first kappa shape index (κ1) is 54.9. The molecule has 0 N–H and O–H groups in total. The summed E-state index contributed by atoms with van der Waals surface area (Å²) in [4.78, 5) is 0. The quantitative estimate of drug-likeness (QED) is 0.245. The van der Waals surface area contributed by atoms with Crippen LogP contribution in [0, 0.1) is 22.7 Å². The van der Waals surface area contributed by atoms with Gasteiger partial charge >= 0.3 is 0 Å². The van der Waals surface area contributed by atoms with Crippen LogP contribution < -0.4 is 0 Å². The minimum atomic E-state index is -0.421. The summed E-state index contributed by atoms with van der Waals surface area (Å²) in [5.74, 6) is 3.38. The molecular weight excluding hydrogens is 953 g/mol. The standard InChI is InChI=1S/C58H80O16/c1-57-43-9-3-4-10-44(43)58(2,47-41-55-53(39-45(47)57)71-35-27-63-19-15-59-23-31-67-49-11-5-7-13-51(49)69-33-25-61-17-21-65-29-37-73-55)48-42-56-54(40-46(48)57)72-36-28-64-20-16-60-24-32-68-50-12-6-8-14-52(50)70-34-26-62-18-22-66-30-38-74-56/h3-4,9-14,39-44,53-56H,5-8,15-38H2,1-2H3. The Hall–Kier alpha value is -3.88. The topological polar surface area (TPSA) is 148 Å². The van der Waals surface area contributed by atoms with Crippen LogP contribution in [0.4, 0.5) is 0 Å². The van der Waals surface area contributed by atoms with E-state index in [1.165, 1.54) is 22.3 Å². The Morgan fingerprint density at radius 3 is 0.757 bits per heavy atom. The summed E-state index contributed by atoms with van der Waals surface area (Å²) in [6, 6.07) is 0. The Labute approximate surface area is 437 Å². The molecule has 2 aliphatic heterocycles. The van der Waals surface area contributed by atoms with E-state index in [0.717, 1.165) is 48.7 Å². The van der Waals surface area contributed by atoms with Gasteiger partial charge < -0.3 is 75.8 Å². The first-order valence-electron chi connectivity index (χ1n) is 27.2. The SMILES string of the molecule is CC12C3=CC4OCCOCCOCCOC5=CCCC=C5OCCOCCOCCOC4C=C3C(C)(C3=CC4OCCOCCOCCOC5=CCCC=C5OCCOCCOCCOC4C=C31)C1C=CC=CC12. The Bertz CT molecular complexity index is 1860. The van der Waals surface area contributed by atoms with Gasteiger partial charge in [0.1, 0.15) is 50.8 Å². The van der Waals surface area contributed by atoms with Crippen LogP contribution in [-0.2, 0) is 75.8 Å². The molecule has 16 nitrogen and oxygen atoms in total. The Morgan fingerprint density at radius 2 is 0.514 bits per heavy atom. The van der Waals surface area contributed by atoms with Gasteiger partial charge in [0.25, 0.3) is 0 Å². The number of allylic oxidation sites excluding steroid dienone is 12. The van der Waals surface area contributed by atoms with Crippen LogP contribution in [0.3, 0.4) is 0 Å². The highest BCUT2D eigenvalue weighted by atomic mass is 16.6. The summed E-state index contributed by atoms with van der Waals surface area (Å²) in [6.45, 7) is 15.0. The van der Waals surface area contributed by atoms with Crippen molar-refractivity contribution in [2.75, 3.05) is 159 Å². The van der Waals surface area contributed by atoms with Gasteiger partial charge in [-0.15, -0.1) is 0 Å². The first-order valence-corrected chi connectivity index (χ1v) is 27.2. The van der Waals surface area contributed by atoms with Gasteiger partial charge in [0.05, 0.1) is 132 Å². The number of ether oxygens (including phenoxy) is 16.